The molecule has 1 unspecified atom stereocenters. The van der Waals surface area contributed by atoms with E-state index in [9.17, 15) is 4.79 Å². The zero-order valence-corrected chi connectivity index (χ0v) is 13.1. The van der Waals surface area contributed by atoms with Crippen LogP contribution >= 0.6 is 11.6 Å². The minimum atomic E-state index is -0.587. The molecule has 23 heavy (non-hydrogen) atoms. The lowest BCUT2D eigenvalue weighted by Crippen LogP contribution is -2.25. The van der Waals surface area contributed by atoms with Crippen LogP contribution in [0, 0.1) is 0 Å². The molecule has 1 amide bonds. The second kappa shape index (κ2) is 6.58. The van der Waals surface area contributed by atoms with Crippen molar-refractivity contribution >= 4 is 23.2 Å². The summed E-state index contributed by atoms with van der Waals surface area (Å²) in [7, 11) is 0. The van der Waals surface area contributed by atoms with Gasteiger partial charge in [0.2, 0.25) is 5.82 Å². The van der Waals surface area contributed by atoms with Crippen LogP contribution < -0.4 is 5.32 Å². The van der Waals surface area contributed by atoms with Crippen molar-refractivity contribution < 1.29 is 4.79 Å². The van der Waals surface area contributed by atoms with Crippen LogP contribution in [0.2, 0.25) is 5.02 Å². The molecule has 3 aromatic rings. The van der Waals surface area contributed by atoms with Crippen LogP contribution in [0.3, 0.4) is 0 Å². The number of aromatic nitrogens is 4. The van der Waals surface area contributed by atoms with E-state index < -0.39 is 6.04 Å². The first-order valence-corrected chi connectivity index (χ1v) is 7.42. The van der Waals surface area contributed by atoms with Gasteiger partial charge in [0.05, 0.1) is 0 Å². The summed E-state index contributed by atoms with van der Waals surface area (Å²) in [6.07, 6.45) is 0. The first-order valence-electron chi connectivity index (χ1n) is 7.05. The average molecular weight is 328 g/mol. The van der Waals surface area contributed by atoms with Crippen LogP contribution in [0.25, 0.3) is 11.4 Å². The Morgan fingerprint density at radius 1 is 1.13 bits per heavy atom. The van der Waals surface area contributed by atoms with Crippen molar-refractivity contribution in [3.05, 3.63) is 59.6 Å². The van der Waals surface area contributed by atoms with Gasteiger partial charge < -0.3 is 5.32 Å². The Hall–Kier alpha value is -2.73. The molecule has 7 heteroatoms. The third-order valence-corrected chi connectivity index (χ3v) is 3.55. The first-order chi connectivity index (χ1) is 11.1. The van der Waals surface area contributed by atoms with E-state index in [1.807, 2.05) is 30.3 Å². The molecule has 3 rings (SSSR count). The fourth-order valence-electron chi connectivity index (χ4n) is 1.98. The highest BCUT2D eigenvalue weighted by atomic mass is 35.5. The van der Waals surface area contributed by atoms with Crippen LogP contribution in [0.4, 0.5) is 5.69 Å². The van der Waals surface area contributed by atoms with E-state index in [2.05, 4.69) is 20.7 Å². The highest BCUT2D eigenvalue weighted by molar-refractivity contribution is 6.30. The number of benzene rings is 2. The molecule has 0 saturated heterocycles. The summed E-state index contributed by atoms with van der Waals surface area (Å²) in [6.45, 7) is 1.71. The highest BCUT2D eigenvalue weighted by Gasteiger charge is 2.18. The molecule has 0 bridgehead atoms. The lowest BCUT2D eigenvalue weighted by Gasteiger charge is -2.10. The Kier molecular flexibility index (Phi) is 4.34. The zero-order chi connectivity index (χ0) is 16.2. The summed E-state index contributed by atoms with van der Waals surface area (Å²) < 4.78 is 0. The van der Waals surface area contributed by atoms with E-state index in [-0.39, 0.29) is 5.91 Å². The van der Waals surface area contributed by atoms with Gasteiger partial charge in [-0.1, -0.05) is 41.9 Å². The molecule has 1 aromatic heterocycles. The second-order valence-corrected chi connectivity index (χ2v) is 5.41. The Morgan fingerprint density at radius 3 is 2.52 bits per heavy atom. The summed E-state index contributed by atoms with van der Waals surface area (Å²) in [4.78, 5) is 13.6. The monoisotopic (exact) mass is 327 g/mol. The average Bonchev–Trinajstić information content (AvgIpc) is 3.07. The SMILES string of the molecule is CC(C(=O)Nc1ccc(Cl)cc1)n1nnc(-c2ccccc2)n1. The quantitative estimate of drug-likeness (QED) is 0.798. The van der Waals surface area contributed by atoms with Gasteiger partial charge in [0.25, 0.3) is 5.91 Å². The second-order valence-electron chi connectivity index (χ2n) is 4.97. The summed E-state index contributed by atoms with van der Waals surface area (Å²) in [5.41, 5.74) is 1.51. The number of carbonyl (C=O) groups is 1. The van der Waals surface area contributed by atoms with E-state index in [0.717, 1.165) is 5.56 Å². The molecule has 0 aliphatic carbocycles. The number of nitrogens with one attached hydrogen (secondary N) is 1. The van der Waals surface area contributed by atoms with Crippen molar-refractivity contribution in [2.24, 2.45) is 0 Å². The van der Waals surface area contributed by atoms with Gasteiger partial charge in [-0.25, -0.2) is 0 Å². The van der Waals surface area contributed by atoms with Gasteiger partial charge in [-0.15, -0.1) is 10.2 Å². The minimum Gasteiger partial charge on any atom is -0.324 e. The molecular weight excluding hydrogens is 314 g/mol. The molecule has 2 aromatic carbocycles. The van der Waals surface area contributed by atoms with Crippen LogP contribution in [0.15, 0.2) is 54.6 Å². The van der Waals surface area contributed by atoms with Gasteiger partial charge >= 0.3 is 0 Å². The molecule has 6 nitrogen and oxygen atoms in total. The number of anilines is 1. The highest BCUT2D eigenvalue weighted by Crippen LogP contribution is 2.16. The van der Waals surface area contributed by atoms with E-state index in [1.165, 1.54) is 4.80 Å². The van der Waals surface area contributed by atoms with Gasteiger partial charge in [-0.3, -0.25) is 4.79 Å². The Bertz CT molecular complexity index is 801. The maximum atomic E-state index is 12.3. The fraction of sp³-hybridized carbons (Fsp3) is 0.125. The predicted molar refractivity (Wildman–Crippen MR) is 88.0 cm³/mol. The van der Waals surface area contributed by atoms with Gasteiger partial charge in [-0.2, -0.15) is 4.80 Å². The standard InChI is InChI=1S/C16H14ClN5O/c1-11(16(23)18-14-9-7-13(17)8-10-14)22-20-15(19-21-22)12-5-3-2-4-6-12/h2-11H,1H3,(H,18,23). The van der Waals surface area contributed by atoms with Crippen molar-refractivity contribution in [3.8, 4) is 11.4 Å². The maximum absolute atomic E-state index is 12.3. The first kappa shape index (κ1) is 15.2. The molecule has 1 heterocycles. The maximum Gasteiger partial charge on any atom is 0.250 e. The van der Waals surface area contributed by atoms with Crippen LogP contribution in [0.1, 0.15) is 13.0 Å². The van der Waals surface area contributed by atoms with Gasteiger partial charge in [-0.05, 0) is 36.4 Å². The number of carbonyl (C=O) groups excluding carboxylic acids is 1. The predicted octanol–water partition coefficient (Wildman–Crippen LogP) is 3.19. The van der Waals surface area contributed by atoms with Gasteiger partial charge in [0, 0.05) is 16.3 Å². The molecule has 0 aliphatic rings. The van der Waals surface area contributed by atoms with Crippen LogP contribution in [-0.4, -0.2) is 26.1 Å². The molecule has 0 fully saturated rings. The summed E-state index contributed by atoms with van der Waals surface area (Å²) >= 11 is 5.82. The van der Waals surface area contributed by atoms with Gasteiger partial charge in [0.15, 0.2) is 0 Å². The molecule has 1 N–H and O–H groups in total. The van der Waals surface area contributed by atoms with Gasteiger partial charge in [0.1, 0.15) is 6.04 Å². The normalized spacial score (nSPS) is 11.9. The summed E-state index contributed by atoms with van der Waals surface area (Å²) in [5.74, 6) is 0.251. The van der Waals surface area contributed by atoms with Crippen LogP contribution in [0.5, 0.6) is 0 Å². The third kappa shape index (κ3) is 3.54. The molecule has 0 aliphatic heterocycles. The Labute approximate surface area is 138 Å². The summed E-state index contributed by atoms with van der Waals surface area (Å²) in [6, 6.07) is 15.8. The number of amides is 1. The number of halogens is 1. The smallest absolute Gasteiger partial charge is 0.250 e. The molecule has 1 atom stereocenters. The van der Waals surface area contributed by atoms with E-state index in [1.54, 1.807) is 31.2 Å². The van der Waals surface area contributed by atoms with E-state index in [4.69, 9.17) is 11.6 Å². The third-order valence-electron chi connectivity index (χ3n) is 3.30. The van der Waals surface area contributed by atoms with E-state index in [0.29, 0.717) is 16.5 Å². The lowest BCUT2D eigenvalue weighted by atomic mass is 10.2. The Morgan fingerprint density at radius 2 is 1.83 bits per heavy atom. The number of tetrazole rings is 1. The number of hydrogen-bond donors (Lipinski definition) is 1. The largest absolute Gasteiger partial charge is 0.324 e. The molecule has 0 spiro atoms. The molecular formula is C16H14ClN5O. The van der Waals surface area contributed by atoms with Crippen molar-refractivity contribution in [2.75, 3.05) is 5.32 Å². The van der Waals surface area contributed by atoms with Crippen molar-refractivity contribution in [1.29, 1.82) is 0 Å². The van der Waals surface area contributed by atoms with Crippen molar-refractivity contribution in [2.45, 2.75) is 13.0 Å². The van der Waals surface area contributed by atoms with Crippen molar-refractivity contribution in [1.82, 2.24) is 20.2 Å². The summed E-state index contributed by atoms with van der Waals surface area (Å²) in [5, 5.41) is 15.6. The molecule has 0 saturated carbocycles. The fourth-order valence-corrected chi connectivity index (χ4v) is 2.10. The topological polar surface area (TPSA) is 72.7 Å². The number of rotatable bonds is 4. The molecule has 0 radical (unpaired) electrons. The van der Waals surface area contributed by atoms with Crippen molar-refractivity contribution in [3.63, 3.8) is 0 Å². The lowest BCUT2D eigenvalue weighted by molar-refractivity contribution is -0.119. The number of hydrogen-bond acceptors (Lipinski definition) is 4. The van der Waals surface area contributed by atoms with E-state index >= 15 is 0 Å². The zero-order valence-electron chi connectivity index (χ0n) is 12.3. The Balaban J connectivity index is 1.72. The molecule has 116 valence electrons. The van der Waals surface area contributed by atoms with Crippen LogP contribution in [-0.2, 0) is 4.79 Å². The number of nitrogens with zero attached hydrogens (tertiary/aromatic N) is 4. The minimum absolute atomic E-state index is 0.232.